The maximum absolute atomic E-state index is 5.42. The van der Waals surface area contributed by atoms with Gasteiger partial charge in [-0.25, -0.2) is 4.99 Å². The lowest BCUT2D eigenvalue weighted by atomic mass is 10.1. The van der Waals surface area contributed by atoms with Gasteiger partial charge in [0.15, 0.2) is 5.96 Å². The van der Waals surface area contributed by atoms with E-state index in [1.54, 1.807) is 7.11 Å². The van der Waals surface area contributed by atoms with Gasteiger partial charge in [0.05, 0.1) is 19.3 Å². The highest BCUT2D eigenvalue weighted by atomic mass is 127. The van der Waals surface area contributed by atoms with E-state index in [1.807, 2.05) is 18.2 Å². The Hall–Kier alpha value is -1.77. The lowest BCUT2D eigenvalue weighted by molar-refractivity contribution is 0.380. The number of para-hydroxylation sites is 1. The number of benzene rings is 1. The van der Waals surface area contributed by atoms with Crippen LogP contribution in [0.15, 0.2) is 33.8 Å². The minimum absolute atomic E-state index is 0. The van der Waals surface area contributed by atoms with Crippen LogP contribution in [-0.2, 0) is 25.8 Å². The summed E-state index contributed by atoms with van der Waals surface area (Å²) in [6, 6.07) is 8.08. The number of aliphatic imine (C=N–C) groups is 1. The van der Waals surface area contributed by atoms with Crippen molar-refractivity contribution in [1.29, 1.82) is 0 Å². The van der Waals surface area contributed by atoms with Crippen LogP contribution < -0.4 is 15.4 Å². The Morgan fingerprint density at radius 3 is 2.59 bits per heavy atom. The molecule has 0 bridgehead atoms. The van der Waals surface area contributed by atoms with Crippen LogP contribution in [0.3, 0.4) is 0 Å². The summed E-state index contributed by atoms with van der Waals surface area (Å²) >= 11 is 0. The smallest absolute Gasteiger partial charge is 0.191 e. The second-order valence-corrected chi connectivity index (χ2v) is 5.92. The van der Waals surface area contributed by atoms with Gasteiger partial charge in [-0.05, 0) is 31.4 Å². The Morgan fingerprint density at radius 1 is 1.15 bits per heavy atom. The van der Waals surface area contributed by atoms with E-state index in [9.17, 15) is 0 Å². The number of halogens is 1. The molecule has 0 amide bonds. The zero-order valence-electron chi connectivity index (χ0n) is 16.7. The summed E-state index contributed by atoms with van der Waals surface area (Å²) in [5.41, 5.74) is 3.28. The van der Waals surface area contributed by atoms with Crippen molar-refractivity contribution in [2.45, 2.75) is 46.6 Å². The average molecular weight is 486 g/mol. The van der Waals surface area contributed by atoms with Crippen LogP contribution in [0.4, 0.5) is 0 Å². The molecule has 6 nitrogen and oxygen atoms in total. The predicted molar refractivity (Wildman–Crippen MR) is 120 cm³/mol. The second kappa shape index (κ2) is 12.6. The summed E-state index contributed by atoms with van der Waals surface area (Å²) in [6.45, 7) is 8.37. The molecular formula is C20H31IN4O2. The molecule has 1 heterocycles. The first-order chi connectivity index (χ1) is 12.7. The van der Waals surface area contributed by atoms with Crippen LogP contribution in [-0.4, -0.2) is 31.3 Å². The molecule has 2 rings (SSSR count). The van der Waals surface area contributed by atoms with E-state index in [1.165, 1.54) is 5.56 Å². The topological polar surface area (TPSA) is 71.7 Å². The summed E-state index contributed by atoms with van der Waals surface area (Å²) in [6.07, 6.45) is 2.55. The Bertz CT molecular complexity index is 694. The number of hydrogen-bond acceptors (Lipinski definition) is 4. The molecule has 2 N–H and O–H groups in total. The molecule has 0 saturated carbocycles. The number of rotatable bonds is 9. The van der Waals surface area contributed by atoms with Crippen LogP contribution in [0.2, 0.25) is 0 Å². The van der Waals surface area contributed by atoms with Gasteiger partial charge in [0.1, 0.15) is 11.5 Å². The maximum Gasteiger partial charge on any atom is 0.191 e. The quantitative estimate of drug-likeness (QED) is 0.321. The molecule has 0 spiro atoms. The molecule has 0 fully saturated rings. The number of nitrogens with one attached hydrogen (secondary N) is 2. The largest absolute Gasteiger partial charge is 0.496 e. The van der Waals surface area contributed by atoms with Crippen molar-refractivity contribution in [2.75, 3.05) is 20.2 Å². The lowest BCUT2D eigenvalue weighted by Crippen LogP contribution is -2.38. The minimum atomic E-state index is 0. The minimum Gasteiger partial charge on any atom is -0.496 e. The van der Waals surface area contributed by atoms with Gasteiger partial charge in [-0.3, -0.25) is 0 Å². The molecule has 0 unspecified atom stereocenters. The number of nitrogens with zero attached hydrogens (tertiary/aromatic N) is 2. The molecule has 150 valence electrons. The first kappa shape index (κ1) is 23.3. The predicted octanol–water partition coefficient (Wildman–Crippen LogP) is 3.72. The molecule has 0 radical (unpaired) electrons. The molecule has 0 atom stereocenters. The molecule has 1 aromatic heterocycles. The van der Waals surface area contributed by atoms with Crippen molar-refractivity contribution < 1.29 is 9.26 Å². The van der Waals surface area contributed by atoms with Gasteiger partial charge in [-0.2, -0.15) is 0 Å². The standard InChI is InChI=1S/C20H30N4O2.HI/c1-5-17-16(18(6-2)26-24-17)14-23-20(21-7-3)22-13-12-15-10-8-9-11-19(15)25-4;/h8-11H,5-7,12-14H2,1-4H3,(H2,21,22,23);1H. The summed E-state index contributed by atoms with van der Waals surface area (Å²) in [4.78, 5) is 4.71. The van der Waals surface area contributed by atoms with Crippen LogP contribution >= 0.6 is 24.0 Å². The number of ether oxygens (including phenoxy) is 1. The third-order valence-electron chi connectivity index (χ3n) is 4.23. The Labute approximate surface area is 179 Å². The summed E-state index contributed by atoms with van der Waals surface area (Å²) in [5.74, 6) is 2.64. The first-order valence-corrected chi connectivity index (χ1v) is 9.33. The molecule has 7 heteroatoms. The third kappa shape index (κ3) is 6.71. The molecule has 0 aliphatic rings. The van der Waals surface area contributed by atoms with Crippen molar-refractivity contribution in [1.82, 2.24) is 15.8 Å². The average Bonchev–Trinajstić information content (AvgIpc) is 3.08. The summed E-state index contributed by atoms with van der Waals surface area (Å²) in [7, 11) is 1.70. The number of methoxy groups -OCH3 is 1. The van der Waals surface area contributed by atoms with Gasteiger partial charge >= 0.3 is 0 Å². The van der Waals surface area contributed by atoms with Crippen LogP contribution in [0.5, 0.6) is 5.75 Å². The zero-order chi connectivity index (χ0) is 18.8. The monoisotopic (exact) mass is 486 g/mol. The van der Waals surface area contributed by atoms with E-state index in [-0.39, 0.29) is 24.0 Å². The highest BCUT2D eigenvalue weighted by Crippen LogP contribution is 2.18. The lowest BCUT2D eigenvalue weighted by Gasteiger charge is -2.13. The van der Waals surface area contributed by atoms with E-state index < -0.39 is 0 Å². The van der Waals surface area contributed by atoms with Crippen molar-refractivity contribution in [2.24, 2.45) is 4.99 Å². The fourth-order valence-corrected chi connectivity index (χ4v) is 2.84. The van der Waals surface area contributed by atoms with Gasteiger partial charge in [-0.15, -0.1) is 24.0 Å². The SMILES string of the molecule is CCNC(=NCc1c(CC)noc1CC)NCCc1ccccc1OC.I. The molecule has 27 heavy (non-hydrogen) atoms. The molecule has 2 aromatic rings. The van der Waals surface area contributed by atoms with Gasteiger partial charge in [0.2, 0.25) is 0 Å². The van der Waals surface area contributed by atoms with Crippen molar-refractivity contribution in [3.63, 3.8) is 0 Å². The second-order valence-electron chi connectivity index (χ2n) is 5.92. The highest BCUT2D eigenvalue weighted by molar-refractivity contribution is 14.0. The van der Waals surface area contributed by atoms with E-state index in [2.05, 4.69) is 42.6 Å². The Balaban J connectivity index is 0.00000364. The molecule has 0 aliphatic heterocycles. The van der Waals surface area contributed by atoms with Crippen LogP contribution in [0.25, 0.3) is 0 Å². The Morgan fingerprint density at radius 2 is 1.93 bits per heavy atom. The van der Waals surface area contributed by atoms with E-state index in [0.717, 1.165) is 61.1 Å². The van der Waals surface area contributed by atoms with Crippen LogP contribution in [0, 0.1) is 0 Å². The van der Waals surface area contributed by atoms with E-state index in [0.29, 0.717) is 6.54 Å². The zero-order valence-corrected chi connectivity index (χ0v) is 19.0. The van der Waals surface area contributed by atoms with Crippen molar-refractivity contribution in [3.05, 3.63) is 46.8 Å². The molecule has 1 aromatic carbocycles. The van der Waals surface area contributed by atoms with E-state index >= 15 is 0 Å². The first-order valence-electron chi connectivity index (χ1n) is 9.33. The normalized spacial score (nSPS) is 11.0. The summed E-state index contributed by atoms with van der Waals surface area (Å²) in [5, 5.41) is 10.8. The Kier molecular flexibility index (Phi) is 10.8. The number of hydrogen-bond donors (Lipinski definition) is 2. The fraction of sp³-hybridized carbons (Fsp3) is 0.500. The molecule has 0 saturated heterocycles. The number of aromatic nitrogens is 1. The third-order valence-corrected chi connectivity index (χ3v) is 4.23. The fourth-order valence-electron chi connectivity index (χ4n) is 2.84. The van der Waals surface area contributed by atoms with Crippen LogP contribution in [0.1, 0.15) is 43.4 Å². The highest BCUT2D eigenvalue weighted by Gasteiger charge is 2.13. The van der Waals surface area contributed by atoms with Gasteiger partial charge in [-0.1, -0.05) is 37.2 Å². The van der Waals surface area contributed by atoms with Gasteiger partial charge in [0, 0.05) is 25.1 Å². The van der Waals surface area contributed by atoms with E-state index in [4.69, 9.17) is 14.3 Å². The van der Waals surface area contributed by atoms with Gasteiger partial charge < -0.3 is 19.9 Å². The maximum atomic E-state index is 5.42. The number of guanidine groups is 1. The molecular weight excluding hydrogens is 455 g/mol. The van der Waals surface area contributed by atoms with Crippen molar-refractivity contribution >= 4 is 29.9 Å². The van der Waals surface area contributed by atoms with Crippen molar-refractivity contribution in [3.8, 4) is 5.75 Å². The summed E-state index contributed by atoms with van der Waals surface area (Å²) < 4.78 is 10.8. The molecule has 0 aliphatic carbocycles. The number of aryl methyl sites for hydroxylation is 2. The van der Waals surface area contributed by atoms with Gasteiger partial charge in [0.25, 0.3) is 0 Å².